The molecule has 0 saturated carbocycles. The number of hydrogen-bond acceptors (Lipinski definition) is 6. The quantitative estimate of drug-likeness (QED) is 0.411. The number of rotatable bonds is 10. The van der Waals surface area contributed by atoms with Crippen LogP contribution in [0.4, 0.5) is 0 Å². The van der Waals surface area contributed by atoms with Gasteiger partial charge in [-0.25, -0.2) is 4.98 Å². The first-order chi connectivity index (χ1) is 13.3. The maximum Gasteiger partial charge on any atom is 0.208 e. The van der Waals surface area contributed by atoms with E-state index in [-0.39, 0.29) is 0 Å². The van der Waals surface area contributed by atoms with Crippen molar-refractivity contribution in [1.82, 2.24) is 15.2 Å². The first kappa shape index (κ1) is 19.1. The van der Waals surface area contributed by atoms with Crippen LogP contribution < -0.4 is 14.2 Å². The van der Waals surface area contributed by atoms with Gasteiger partial charge in [0.15, 0.2) is 5.82 Å². The van der Waals surface area contributed by atoms with Gasteiger partial charge in [-0.2, -0.15) is 0 Å². The molecule has 0 bridgehead atoms. The number of aromatic amines is 1. The van der Waals surface area contributed by atoms with E-state index in [1.807, 2.05) is 48.5 Å². The van der Waals surface area contributed by atoms with E-state index in [0.29, 0.717) is 11.8 Å². The largest absolute Gasteiger partial charge is 0.497 e. The van der Waals surface area contributed by atoms with E-state index in [9.17, 15) is 0 Å². The van der Waals surface area contributed by atoms with Gasteiger partial charge in [0.05, 0.1) is 20.3 Å². The second-order valence-corrected chi connectivity index (χ2v) is 6.77. The standard InChI is InChI=1S/C20H23N3O3S/c1-3-12-25-17-8-10-18(11-9-17)26-13-14-27-20-21-19(22-23-20)15-4-6-16(24-2)7-5-15/h4-11H,3,12-14H2,1-2H3,(H,21,22,23). The topological polar surface area (TPSA) is 69.3 Å². The summed E-state index contributed by atoms with van der Waals surface area (Å²) in [6, 6.07) is 15.4. The summed E-state index contributed by atoms with van der Waals surface area (Å²) in [5, 5.41) is 7.91. The number of thioether (sulfide) groups is 1. The molecule has 142 valence electrons. The Morgan fingerprint density at radius 2 is 1.52 bits per heavy atom. The van der Waals surface area contributed by atoms with Crippen LogP contribution in [0.3, 0.4) is 0 Å². The highest BCUT2D eigenvalue weighted by Gasteiger charge is 2.06. The predicted octanol–water partition coefficient (Wildman–Crippen LogP) is 4.44. The molecule has 0 spiro atoms. The lowest BCUT2D eigenvalue weighted by molar-refractivity contribution is 0.314. The molecule has 27 heavy (non-hydrogen) atoms. The van der Waals surface area contributed by atoms with Crippen LogP contribution in [0, 0.1) is 0 Å². The number of nitrogens with zero attached hydrogens (tertiary/aromatic N) is 2. The molecule has 0 amide bonds. The Hall–Kier alpha value is -2.67. The number of benzene rings is 2. The van der Waals surface area contributed by atoms with Gasteiger partial charge in [-0.15, -0.1) is 5.10 Å². The van der Waals surface area contributed by atoms with Crippen LogP contribution in [-0.4, -0.2) is 41.3 Å². The van der Waals surface area contributed by atoms with Crippen LogP contribution in [0.25, 0.3) is 11.4 Å². The number of ether oxygens (including phenoxy) is 3. The van der Waals surface area contributed by atoms with Gasteiger partial charge in [-0.3, -0.25) is 5.10 Å². The van der Waals surface area contributed by atoms with Gasteiger partial charge >= 0.3 is 0 Å². The zero-order chi connectivity index (χ0) is 18.9. The average molecular weight is 385 g/mol. The van der Waals surface area contributed by atoms with E-state index in [0.717, 1.165) is 47.4 Å². The normalized spacial score (nSPS) is 10.6. The van der Waals surface area contributed by atoms with E-state index in [1.165, 1.54) is 0 Å². The van der Waals surface area contributed by atoms with E-state index in [4.69, 9.17) is 14.2 Å². The third-order valence-electron chi connectivity index (χ3n) is 3.71. The zero-order valence-corrected chi connectivity index (χ0v) is 16.3. The molecule has 0 atom stereocenters. The summed E-state index contributed by atoms with van der Waals surface area (Å²) in [5.74, 6) is 4.01. The molecular formula is C20H23N3O3S. The van der Waals surface area contributed by atoms with Crippen LogP contribution in [0.5, 0.6) is 17.2 Å². The van der Waals surface area contributed by atoms with E-state index in [1.54, 1.807) is 18.9 Å². The average Bonchev–Trinajstić information content (AvgIpc) is 3.19. The lowest BCUT2D eigenvalue weighted by Crippen LogP contribution is -2.00. The SMILES string of the molecule is CCCOc1ccc(OCCSc2n[nH]c(-c3ccc(OC)cc3)n2)cc1. The van der Waals surface area contributed by atoms with E-state index < -0.39 is 0 Å². The van der Waals surface area contributed by atoms with Crippen molar-refractivity contribution in [2.75, 3.05) is 26.1 Å². The van der Waals surface area contributed by atoms with Gasteiger partial charge in [0.2, 0.25) is 5.16 Å². The summed E-state index contributed by atoms with van der Waals surface area (Å²) in [6.07, 6.45) is 0.997. The zero-order valence-electron chi connectivity index (χ0n) is 15.5. The fourth-order valence-electron chi connectivity index (χ4n) is 2.33. The highest BCUT2D eigenvalue weighted by atomic mass is 32.2. The van der Waals surface area contributed by atoms with Crippen LogP contribution >= 0.6 is 11.8 Å². The number of nitrogens with one attached hydrogen (secondary N) is 1. The Morgan fingerprint density at radius 1 is 0.889 bits per heavy atom. The van der Waals surface area contributed by atoms with Crippen LogP contribution in [0.2, 0.25) is 0 Å². The Kier molecular flexibility index (Phi) is 6.98. The van der Waals surface area contributed by atoms with Crippen molar-refractivity contribution < 1.29 is 14.2 Å². The van der Waals surface area contributed by atoms with Gasteiger partial charge in [-0.1, -0.05) is 18.7 Å². The summed E-state index contributed by atoms with van der Waals surface area (Å²) < 4.78 is 16.5. The molecular weight excluding hydrogens is 362 g/mol. The fraction of sp³-hybridized carbons (Fsp3) is 0.300. The van der Waals surface area contributed by atoms with Crippen molar-refractivity contribution in [2.24, 2.45) is 0 Å². The van der Waals surface area contributed by atoms with Crippen LogP contribution in [0.15, 0.2) is 53.7 Å². The number of hydrogen-bond donors (Lipinski definition) is 1. The summed E-state index contributed by atoms with van der Waals surface area (Å²) in [6.45, 7) is 3.39. The van der Waals surface area contributed by atoms with Gasteiger partial charge in [-0.05, 0) is 55.0 Å². The lowest BCUT2D eigenvalue weighted by Gasteiger charge is -2.07. The lowest BCUT2D eigenvalue weighted by atomic mass is 10.2. The summed E-state index contributed by atoms with van der Waals surface area (Å²) >= 11 is 1.55. The summed E-state index contributed by atoms with van der Waals surface area (Å²) in [4.78, 5) is 4.50. The molecule has 1 N–H and O–H groups in total. The van der Waals surface area contributed by atoms with Crippen molar-refractivity contribution in [3.05, 3.63) is 48.5 Å². The minimum absolute atomic E-state index is 0.576. The van der Waals surface area contributed by atoms with Crippen molar-refractivity contribution >= 4 is 11.8 Å². The first-order valence-corrected chi connectivity index (χ1v) is 9.82. The summed E-state index contributed by atoms with van der Waals surface area (Å²) in [7, 11) is 1.65. The second kappa shape index (κ2) is 9.87. The smallest absolute Gasteiger partial charge is 0.208 e. The molecule has 0 saturated heterocycles. The van der Waals surface area contributed by atoms with Crippen LogP contribution in [-0.2, 0) is 0 Å². The monoisotopic (exact) mass is 385 g/mol. The van der Waals surface area contributed by atoms with Crippen molar-refractivity contribution in [3.63, 3.8) is 0 Å². The molecule has 6 nitrogen and oxygen atoms in total. The predicted molar refractivity (Wildman–Crippen MR) is 107 cm³/mol. The maximum atomic E-state index is 5.75. The maximum absolute atomic E-state index is 5.75. The fourth-order valence-corrected chi connectivity index (χ4v) is 2.95. The molecule has 0 aliphatic heterocycles. The highest BCUT2D eigenvalue weighted by molar-refractivity contribution is 7.99. The van der Waals surface area contributed by atoms with Gasteiger partial charge in [0.1, 0.15) is 17.2 Å². The molecule has 3 rings (SSSR count). The van der Waals surface area contributed by atoms with Crippen molar-refractivity contribution in [3.8, 4) is 28.6 Å². The third-order valence-corrected chi connectivity index (χ3v) is 4.52. The highest BCUT2D eigenvalue weighted by Crippen LogP contribution is 2.22. The molecule has 0 aliphatic carbocycles. The van der Waals surface area contributed by atoms with Gasteiger partial charge in [0.25, 0.3) is 0 Å². The minimum atomic E-state index is 0.576. The minimum Gasteiger partial charge on any atom is -0.497 e. The molecule has 1 heterocycles. The number of H-pyrrole nitrogens is 1. The Balaban J connectivity index is 1.43. The van der Waals surface area contributed by atoms with Crippen molar-refractivity contribution in [2.45, 2.75) is 18.5 Å². The van der Waals surface area contributed by atoms with E-state index >= 15 is 0 Å². The molecule has 0 unspecified atom stereocenters. The Labute approximate surface area is 163 Å². The number of methoxy groups -OCH3 is 1. The molecule has 7 heteroatoms. The first-order valence-electron chi connectivity index (χ1n) is 8.84. The second-order valence-electron chi connectivity index (χ2n) is 5.71. The Morgan fingerprint density at radius 3 is 2.15 bits per heavy atom. The molecule has 3 aromatic rings. The van der Waals surface area contributed by atoms with Gasteiger partial charge < -0.3 is 14.2 Å². The molecule has 0 aliphatic rings. The van der Waals surface area contributed by atoms with Crippen LogP contribution in [0.1, 0.15) is 13.3 Å². The van der Waals surface area contributed by atoms with Crippen molar-refractivity contribution in [1.29, 1.82) is 0 Å². The van der Waals surface area contributed by atoms with Gasteiger partial charge in [0, 0.05) is 11.3 Å². The summed E-state index contributed by atoms with van der Waals surface area (Å²) in [5.41, 5.74) is 0.969. The Bertz CT molecular complexity index is 819. The third kappa shape index (κ3) is 5.65. The number of aromatic nitrogens is 3. The molecule has 0 fully saturated rings. The van der Waals surface area contributed by atoms with E-state index in [2.05, 4.69) is 22.1 Å². The molecule has 2 aromatic carbocycles. The molecule has 0 radical (unpaired) electrons. The molecule has 1 aromatic heterocycles.